The summed E-state index contributed by atoms with van der Waals surface area (Å²) in [5, 5.41) is 2.59. The Labute approximate surface area is 123 Å². The predicted molar refractivity (Wildman–Crippen MR) is 80.6 cm³/mol. The van der Waals surface area contributed by atoms with Gasteiger partial charge in [0.2, 0.25) is 0 Å². The Morgan fingerprint density at radius 2 is 2.00 bits per heavy atom. The van der Waals surface area contributed by atoms with E-state index in [2.05, 4.69) is 11.9 Å². The Kier molecular flexibility index (Phi) is 4.77. The standard InChI is InChI=1S/C16H18N2O3/c1-3-9-18-15(19)14(17-16(18)20)11-12-5-7-13(8-6-12)21-10-4-2/h4-8,11H,2-3,9-10H2,1H3,(H,17,20)/b14-11+. The Morgan fingerprint density at radius 1 is 1.29 bits per heavy atom. The van der Waals surface area contributed by atoms with E-state index in [0.29, 0.717) is 18.8 Å². The molecule has 1 aromatic carbocycles. The van der Waals surface area contributed by atoms with Gasteiger partial charge < -0.3 is 10.1 Å². The number of nitrogens with one attached hydrogen (secondary N) is 1. The second-order valence-electron chi connectivity index (χ2n) is 4.61. The summed E-state index contributed by atoms with van der Waals surface area (Å²) >= 11 is 0. The molecule has 0 spiro atoms. The van der Waals surface area contributed by atoms with Gasteiger partial charge in [-0.3, -0.25) is 9.69 Å². The number of hydrogen-bond donors (Lipinski definition) is 1. The second-order valence-corrected chi connectivity index (χ2v) is 4.61. The highest BCUT2D eigenvalue weighted by Crippen LogP contribution is 2.17. The van der Waals surface area contributed by atoms with Crippen LogP contribution in [0.2, 0.25) is 0 Å². The molecule has 1 aliphatic rings. The summed E-state index contributed by atoms with van der Waals surface area (Å²) in [6.07, 6.45) is 4.07. The molecule has 5 heteroatoms. The molecular formula is C16H18N2O3. The molecule has 0 atom stereocenters. The number of hydrogen-bond acceptors (Lipinski definition) is 3. The molecule has 0 aliphatic carbocycles. The molecule has 1 N–H and O–H groups in total. The molecule has 0 unspecified atom stereocenters. The molecule has 110 valence electrons. The van der Waals surface area contributed by atoms with Crippen LogP contribution in [-0.4, -0.2) is 30.0 Å². The lowest BCUT2D eigenvalue weighted by atomic mass is 10.2. The van der Waals surface area contributed by atoms with Crippen molar-refractivity contribution in [3.8, 4) is 5.75 Å². The van der Waals surface area contributed by atoms with E-state index in [-0.39, 0.29) is 11.9 Å². The van der Waals surface area contributed by atoms with Crippen molar-refractivity contribution in [2.75, 3.05) is 13.2 Å². The summed E-state index contributed by atoms with van der Waals surface area (Å²) in [6, 6.07) is 6.90. The van der Waals surface area contributed by atoms with E-state index < -0.39 is 0 Å². The van der Waals surface area contributed by atoms with Crippen molar-refractivity contribution in [1.29, 1.82) is 0 Å². The zero-order valence-corrected chi connectivity index (χ0v) is 12.0. The number of rotatable bonds is 6. The number of urea groups is 1. The van der Waals surface area contributed by atoms with Gasteiger partial charge in [0.05, 0.1) is 0 Å². The highest BCUT2D eigenvalue weighted by atomic mass is 16.5. The number of benzene rings is 1. The lowest BCUT2D eigenvalue weighted by Gasteiger charge is -2.08. The average Bonchev–Trinajstić information content (AvgIpc) is 2.75. The van der Waals surface area contributed by atoms with Gasteiger partial charge in [-0.1, -0.05) is 31.7 Å². The molecule has 1 fully saturated rings. The van der Waals surface area contributed by atoms with Gasteiger partial charge in [0.15, 0.2) is 0 Å². The second kappa shape index (κ2) is 6.74. The molecule has 2 rings (SSSR count). The van der Waals surface area contributed by atoms with Crippen LogP contribution in [0.15, 0.2) is 42.6 Å². The van der Waals surface area contributed by atoms with Crippen molar-refractivity contribution >= 4 is 18.0 Å². The summed E-state index contributed by atoms with van der Waals surface area (Å²) in [6.45, 7) is 6.38. The van der Waals surface area contributed by atoms with Crippen molar-refractivity contribution in [2.24, 2.45) is 0 Å². The normalized spacial score (nSPS) is 16.2. The van der Waals surface area contributed by atoms with Crippen molar-refractivity contribution in [1.82, 2.24) is 10.2 Å². The zero-order valence-electron chi connectivity index (χ0n) is 12.0. The minimum absolute atomic E-state index is 0.283. The van der Waals surface area contributed by atoms with Crippen LogP contribution in [0.5, 0.6) is 5.75 Å². The minimum atomic E-state index is -0.362. The summed E-state index contributed by atoms with van der Waals surface area (Å²) < 4.78 is 5.38. The van der Waals surface area contributed by atoms with Gasteiger partial charge in [-0.15, -0.1) is 0 Å². The summed E-state index contributed by atoms with van der Waals surface area (Å²) in [7, 11) is 0. The number of carbonyl (C=O) groups is 2. The lowest BCUT2D eigenvalue weighted by molar-refractivity contribution is -0.122. The Bertz CT molecular complexity index is 576. The molecule has 1 aromatic rings. The Morgan fingerprint density at radius 3 is 2.62 bits per heavy atom. The maximum atomic E-state index is 12.1. The molecule has 1 heterocycles. The third-order valence-electron chi connectivity index (χ3n) is 2.97. The first-order valence-corrected chi connectivity index (χ1v) is 6.84. The third-order valence-corrected chi connectivity index (χ3v) is 2.97. The topological polar surface area (TPSA) is 58.6 Å². The SMILES string of the molecule is C=CCOc1ccc(/C=C2/NC(=O)N(CCC)C2=O)cc1. The fourth-order valence-electron chi connectivity index (χ4n) is 1.98. The fourth-order valence-corrected chi connectivity index (χ4v) is 1.98. The molecule has 3 amide bonds. The summed E-state index contributed by atoms with van der Waals surface area (Å²) in [4.78, 5) is 24.9. The van der Waals surface area contributed by atoms with Gasteiger partial charge in [-0.25, -0.2) is 4.79 Å². The monoisotopic (exact) mass is 286 g/mol. The third kappa shape index (κ3) is 3.51. The number of carbonyl (C=O) groups excluding carboxylic acids is 2. The van der Waals surface area contributed by atoms with Gasteiger partial charge in [0.25, 0.3) is 5.91 Å². The van der Waals surface area contributed by atoms with E-state index in [0.717, 1.165) is 17.7 Å². The number of nitrogens with zero attached hydrogens (tertiary/aromatic N) is 1. The number of ether oxygens (including phenoxy) is 1. The van der Waals surface area contributed by atoms with Gasteiger partial charge in [0, 0.05) is 6.54 Å². The zero-order chi connectivity index (χ0) is 15.2. The van der Waals surface area contributed by atoms with Gasteiger partial charge in [-0.05, 0) is 30.2 Å². The lowest BCUT2D eigenvalue weighted by Crippen LogP contribution is -2.31. The van der Waals surface area contributed by atoms with Crippen molar-refractivity contribution in [3.63, 3.8) is 0 Å². The molecule has 0 aromatic heterocycles. The van der Waals surface area contributed by atoms with E-state index >= 15 is 0 Å². The first kappa shape index (κ1) is 14.8. The average molecular weight is 286 g/mol. The molecule has 0 radical (unpaired) electrons. The van der Waals surface area contributed by atoms with Crippen LogP contribution in [0.25, 0.3) is 6.08 Å². The maximum Gasteiger partial charge on any atom is 0.329 e. The largest absolute Gasteiger partial charge is 0.490 e. The van der Waals surface area contributed by atoms with Crippen LogP contribution in [0, 0.1) is 0 Å². The van der Waals surface area contributed by atoms with E-state index in [4.69, 9.17) is 4.74 Å². The van der Waals surface area contributed by atoms with Gasteiger partial charge in [0.1, 0.15) is 18.1 Å². The van der Waals surface area contributed by atoms with Crippen LogP contribution in [0.3, 0.4) is 0 Å². The summed E-state index contributed by atoms with van der Waals surface area (Å²) in [5.41, 5.74) is 1.12. The highest BCUT2D eigenvalue weighted by Gasteiger charge is 2.32. The first-order valence-electron chi connectivity index (χ1n) is 6.84. The smallest absolute Gasteiger partial charge is 0.329 e. The number of amides is 3. The van der Waals surface area contributed by atoms with Crippen molar-refractivity contribution in [2.45, 2.75) is 13.3 Å². The van der Waals surface area contributed by atoms with Crippen molar-refractivity contribution < 1.29 is 14.3 Å². The number of imide groups is 1. The molecule has 0 bridgehead atoms. The quantitative estimate of drug-likeness (QED) is 0.497. The van der Waals surface area contributed by atoms with Crippen LogP contribution in [0.4, 0.5) is 4.79 Å². The van der Waals surface area contributed by atoms with Crippen LogP contribution >= 0.6 is 0 Å². The van der Waals surface area contributed by atoms with E-state index in [9.17, 15) is 9.59 Å². The van der Waals surface area contributed by atoms with E-state index in [1.807, 2.05) is 19.1 Å². The van der Waals surface area contributed by atoms with Gasteiger partial charge >= 0.3 is 6.03 Å². The molecular weight excluding hydrogens is 268 g/mol. The van der Waals surface area contributed by atoms with Gasteiger partial charge in [-0.2, -0.15) is 0 Å². The van der Waals surface area contributed by atoms with E-state index in [1.54, 1.807) is 24.3 Å². The molecule has 5 nitrogen and oxygen atoms in total. The fraction of sp³-hybridized carbons (Fsp3) is 0.250. The molecule has 0 saturated carbocycles. The molecule has 1 aliphatic heterocycles. The maximum absolute atomic E-state index is 12.1. The Balaban J connectivity index is 2.11. The summed E-state index contributed by atoms with van der Waals surface area (Å²) in [5.74, 6) is 0.445. The minimum Gasteiger partial charge on any atom is -0.490 e. The molecule has 1 saturated heterocycles. The van der Waals surface area contributed by atoms with Crippen LogP contribution in [-0.2, 0) is 4.79 Å². The predicted octanol–water partition coefficient (Wildman–Crippen LogP) is 2.55. The highest BCUT2D eigenvalue weighted by molar-refractivity contribution is 6.13. The van der Waals surface area contributed by atoms with Crippen LogP contribution in [0.1, 0.15) is 18.9 Å². The Hall–Kier alpha value is -2.56. The van der Waals surface area contributed by atoms with Crippen LogP contribution < -0.4 is 10.1 Å². The van der Waals surface area contributed by atoms with E-state index in [1.165, 1.54) is 4.90 Å². The van der Waals surface area contributed by atoms with Crippen molar-refractivity contribution in [3.05, 3.63) is 48.2 Å². The first-order chi connectivity index (χ1) is 10.2. The molecule has 21 heavy (non-hydrogen) atoms.